The van der Waals surface area contributed by atoms with E-state index in [1.807, 2.05) is 31.2 Å². The molecule has 0 fully saturated rings. The zero-order valence-corrected chi connectivity index (χ0v) is 17.5. The third-order valence-corrected chi connectivity index (χ3v) is 4.61. The van der Waals surface area contributed by atoms with Crippen LogP contribution in [0.25, 0.3) is 11.0 Å². The third kappa shape index (κ3) is 4.73. The van der Waals surface area contributed by atoms with Gasteiger partial charge in [-0.3, -0.25) is 9.59 Å². The van der Waals surface area contributed by atoms with Gasteiger partial charge in [0.2, 0.25) is 5.76 Å². The van der Waals surface area contributed by atoms with Crippen molar-refractivity contribution in [2.75, 3.05) is 23.8 Å². The second-order valence-electron chi connectivity index (χ2n) is 6.84. The largest absolute Gasteiger partial charge is 0.492 e. The number of para-hydroxylation sites is 4. The number of benzene rings is 3. The van der Waals surface area contributed by atoms with E-state index >= 15 is 0 Å². The molecule has 0 aliphatic carbocycles. The molecule has 2 amide bonds. The van der Waals surface area contributed by atoms with Crippen LogP contribution in [0, 0.1) is 0 Å². The molecule has 162 valence electrons. The Hall–Kier alpha value is -4.26. The Balaban J connectivity index is 1.57. The highest BCUT2D eigenvalue weighted by Crippen LogP contribution is 2.32. The van der Waals surface area contributed by atoms with Gasteiger partial charge < -0.3 is 24.5 Å². The molecule has 0 unspecified atom stereocenters. The molecule has 4 rings (SSSR count). The lowest BCUT2D eigenvalue weighted by Gasteiger charge is -2.11. The quantitative estimate of drug-likeness (QED) is 0.406. The van der Waals surface area contributed by atoms with Crippen LogP contribution in [0.1, 0.15) is 17.5 Å². The van der Waals surface area contributed by atoms with Crippen LogP contribution in [-0.4, -0.2) is 25.0 Å². The molecule has 0 spiro atoms. The first-order valence-corrected chi connectivity index (χ1v) is 10.2. The van der Waals surface area contributed by atoms with Crippen molar-refractivity contribution in [2.45, 2.75) is 6.92 Å². The molecule has 0 bridgehead atoms. The number of amides is 2. The Bertz CT molecular complexity index is 1230. The first-order chi connectivity index (χ1) is 15.7. The van der Waals surface area contributed by atoms with Crippen molar-refractivity contribution in [1.29, 1.82) is 0 Å². The summed E-state index contributed by atoms with van der Waals surface area (Å²) < 4.78 is 16.9. The van der Waals surface area contributed by atoms with E-state index in [-0.39, 0.29) is 18.1 Å². The third-order valence-electron chi connectivity index (χ3n) is 4.61. The van der Waals surface area contributed by atoms with Gasteiger partial charge in [-0.1, -0.05) is 42.5 Å². The number of hydrogen-bond acceptors (Lipinski definition) is 5. The zero-order chi connectivity index (χ0) is 22.3. The summed E-state index contributed by atoms with van der Waals surface area (Å²) in [6.07, 6.45) is 0. The van der Waals surface area contributed by atoms with E-state index < -0.39 is 11.8 Å². The van der Waals surface area contributed by atoms with Crippen LogP contribution in [0.15, 0.2) is 83.3 Å². The van der Waals surface area contributed by atoms with Crippen LogP contribution in [-0.2, 0) is 4.79 Å². The zero-order valence-electron chi connectivity index (χ0n) is 17.5. The number of nitrogens with one attached hydrogen (secondary N) is 2. The molecule has 2 N–H and O–H groups in total. The van der Waals surface area contributed by atoms with Crippen molar-refractivity contribution < 1.29 is 23.5 Å². The Morgan fingerprint density at radius 3 is 2.38 bits per heavy atom. The first-order valence-electron chi connectivity index (χ1n) is 10.2. The van der Waals surface area contributed by atoms with Gasteiger partial charge in [0.1, 0.15) is 22.8 Å². The van der Waals surface area contributed by atoms with Crippen LogP contribution in [0.2, 0.25) is 0 Å². The lowest BCUT2D eigenvalue weighted by atomic mass is 10.2. The Labute approximate surface area is 184 Å². The Morgan fingerprint density at radius 1 is 0.844 bits per heavy atom. The molecule has 0 aliphatic rings. The highest BCUT2D eigenvalue weighted by atomic mass is 16.5. The normalized spacial score (nSPS) is 10.5. The molecule has 7 heteroatoms. The van der Waals surface area contributed by atoms with E-state index in [9.17, 15) is 9.59 Å². The van der Waals surface area contributed by atoms with Gasteiger partial charge in [-0.2, -0.15) is 0 Å². The highest BCUT2D eigenvalue weighted by molar-refractivity contribution is 6.15. The van der Waals surface area contributed by atoms with E-state index in [4.69, 9.17) is 13.9 Å². The van der Waals surface area contributed by atoms with Crippen molar-refractivity contribution >= 4 is 34.2 Å². The van der Waals surface area contributed by atoms with Crippen molar-refractivity contribution in [1.82, 2.24) is 0 Å². The van der Waals surface area contributed by atoms with Crippen LogP contribution < -0.4 is 20.1 Å². The summed E-state index contributed by atoms with van der Waals surface area (Å²) in [5.74, 6) is 0.189. The average molecular weight is 430 g/mol. The summed E-state index contributed by atoms with van der Waals surface area (Å²) in [6.45, 7) is 2.11. The van der Waals surface area contributed by atoms with Crippen molar-refractivity contribution in [2.24, 2.45) is 0 Å². The minimum Gasteiger partial charge on any atom is -0.492 e. The van der Waals surface area contributed by atoms with Gasteiger partial charge in [0.25, 0.3) is 11.8 Å². The van der Waals surface area contributed by atoms with Gasteiger partial charge in [0.15, 0.2) is 6.61 Å². The van der Waals surface area contributed by atoms with Crippen LogP contribution in [0.5, 0.6) is 11.5 Å². The number of carbonyl (C=O) groups excluding carboxylic acids is 2. The van der Waals surface area contributed by atoms with E-state index in [1.165, 1.54) is 0 Å². The van der Waals surface area contributed by atoms with Gasteiger partial charge in [0, 0.05) is 5.39 Å². The fourth-order valence-corrected chi connectivity index (χ4v) is 3.20. The highest BCUT2D eigenvalue weighted by Gasteiger charge is 2.23. The van der Waals surface area contributed by atoms with Crippen molar-refractivity contribution in [3.8, 4) is 11.5 Å². The number of rotatable bonds is 8. The minimum atomic E-state index is -0.507. The topological polar surface area (TPSA) is 89.8 Å². The lowest BCUT2D eigenvalue weighted by Crippen LogP contribution is -2.22. The van der Waals surface area contributed by atoms with Crippen LogP contribution in [0.3, 0.4) is 0 Å². The van der Waals surface area contributed by atoms with Gasteiger partial charge >= 0.3 is 0 Å². The fraction of sp³-hybridized carbons (Fsp3) is 0.120. The number of ether oxygens (including phenoxy) is 2. The molecule has 0 atom stereocenters. The fourth-order valence-electron chi connectivity index (χ4n) is 3.20. The van der Waals surface area contributed by atoms with E-state index in [2.05, 4.69) is 10.6 Å². The molecule has 0 saturated carbocycles. The number of anilines is 2. The monoisotopic (exact) mass is 430 g/mol. The minimum absolute atomic E-state index is 0.00874. The maximum absolute atomic E-state index is 13.1. The average Bonchev–Trinajstić information content (AvgIpc) is 3.18. The van der Waals surface area contributed by atoms with Gasteiger partial charge in [-0.25, -0.2) is 0 Å². The van der Waals surface area contributed by atoms with E-state index in [1.54, 1.807) is 54.6 Å². The first kappa shape index (κ1) is 21.0. The van der Waals surface area contributed by atoms with Crippen molar-refractivity contribution in [3.63, 3.8) is 0 Å². The predicted molar refractivity (Wildman–Crippen MR) is 122 cm³/mol. The second kappa shape index (κ2) is 9.70. The Kier molecular flexibility index (Phi) is 6.36. The number of hydrogen-bond donors (Lipinski definition) is 2. The molecular weight excluding hydrogens is 408 g/mol. The number of fused-ring (bicyclic) bond motifs is 1. The van der Waals surface area contributed by atoms with Gasteiger partial charge in [-0.15, -0.1) is 0 Å². The smallest absolute Gasteiger partial charge is 0.293 e. The summed E-state index contributed by atoms with van der Waals surface area (Å²) in [5, 5.41) is 6.18. The molecular formula is C25H22N2O5. The lowest BCUT2D eigenvalue weighted by molar-refractivity contribution is -0.118. The Morgan fingerprint density at radius 2 is 1.56 bits per heavy atom. The van der Waals surface area contributed by atoms with Gasteiger partial charge in [-0.05, 0) is 43.3 Å². The van der Waals surface area contributed by atoms with Crippen LogP contribution >= 0.6 is 0 Å². The molecule has 4 aromatic rings. The van der Waals surface area contributed by atoms with E-state index in [0.717, 1.165) is 0 Å². The summed E-state index contributed by atoms with van der Waals surface area (Å²) in [5.41, 5.74) is 1.27. The molecule has 3 aromatic carbocycles. The number of furan rings is 1. The number of carbonyl (C=O) groups is 2. The predicted octanol–water partition coefficient (Wildman–Crippen LogP) is 5.10. The SMILES string of the molecule is CCOc1ccccc1NC(=O)c1oc2ccccc2c1NC(=O)COc1ccccc1. The molecule has 32 heavy (non-hydrogen) atoms. The molecule has 1 aromatic heterocycles. The summed E-state index contributed by atoms with van der Waals surface area (Å²) in [7, 11) is 0. The molecule has 0 aliphatic heterocycles. The van der Waals surface area contributed by atoms with Gasteiger partial charge in [0.05, 0.1) is 12.3 Å². The summed E-state index contributed by atoms with van der Waals surface area (Å²) in [6, 6.07) is 23.2. The maximum Gasteiger partial charge on any atom is 0.293 e. The summed E-state index contributed by atoms with van der Waals surface area (Å²) in [4.78, 5) is 25.6. The molecule has 1 heterocycles. The molecule has 7 nitrogen and oxygen atoms in total. The van der Waals surface area contributed by atoms with Crippen molar-refractivity contribution in [3.05, 3.63) is 84.6 Å². The summed E-state index contributed by atoms with van der Waals surface area (Å²) >= 11 is 0. The molecule has 0 saturated heterocycles. The molecule has 0 radical (unpaired) electrons. The van der Waals surface area contributed by atoms with Crippen LogP contribution in [0.4, 0.5) is 11.4 Å². The maximum atomic E-state index is 13.1. The standard InChI is InChI=1S/C25H22N2O5/c1-2-30-21-15-9-7-13-19(21)26-25(29)24-23(18-12-6-8-14-20(18)32-24)27-22(28)16-31-17-10-4-3-5-11-17/h3-15H,2,16H2,1H3,(H,26,29)(H,27,28). The van der Waals surface area contributed by atoms with E-state index in [0.29, 0.717) is 34.8 Å². The second-order valence-corrected chi connectivity index (χ2v) is 6.84.